The highest BCUT2D eigenvalue weighted by molar-refractivity contribution is 5.96. The van der Waals surface area contributed by atoms with Gasteiger partial charge in [0.2, 0.25) is 5.91 Å². The summed E-state index contributed by atoms with van der Waals surface area (Å²) in [5.74, 6) is -0.00713. The van der Waals surface area contributed by atoms with E-state index in [1.165, 1.54) is 0 Å². The maximum atomic E-state index is 12.0. The van der Waals surface area contributed by atoms with E-state index >= 15 is 0 Å². The van der Waals surface area contributed by atoms with E-state index < -0.39 is 0 Å². The summed E-state index contributed by atoms with van der Waals surface area (Å²) in [6.07, 6.45) is 4.07. The molecule has 0 bridgehead atoms. The largest absolute Gasteiger partial charge is 0.320 e. The van der Waals surface area contributed by atoms with Gasteiger partial charge in [0.25, 0.3) is 0 Å². The average molecular weight is 271 g/mol. The molecular weight excluding hydrogens is 248 g/mol. The Morgan fingerprint density at radius 1 is 1.28 bits per heavy atom. The predicted octanol–water partition coefficient (Wildman–Crippen LogP) is 2.98. The van der Waals surface area contributed by atoms with Crippen LogP contribution in [0, 0.1) is 0 Å². The number of anilines is 1. The molecule has 1 aromatic carbocycles. The van der Waals surface area contributed by atoms with Crippen molar-refractivity contribution >= 4 is 24.0 Å². The van der Waals surface area contributed by atoms with Crippen molar-refractivity contribution in [2.45, 2.75) is 38.6 Å². The van der Waals surface area contributed by atoms with Crippen LogP contribution in [0.3, 0.4) is 0 Å². The van der Waals surface area contributed by atoms with Gasteiger partial charge in [0.05, 0.1) is 6.04 Å². The Kier molecular flexibility index (Phi) is 8.42. The molecular formula is C14H23ClN2O. The van der Waals surface area contributed by atoms with Crippen molar-refractivity contribution < 1.29 is 4.79 Å². The number of carbonyl (C=O) groups excluding carboxylic acids is 1. The fraction of sp³-hybridized carbons (Fsp3) is 0.500. The van der Waals surface area contributed by atoms with Crippen molar-refractivity contribution in [1.82, 2.24) is 0 Å². The third-order valence-corrected chi connectivity index (χ3v) is 2.91. The zero-order valence-electron chi connectivity index (χ0n) is 11.1. The van der Waals surface area contributed by atoms with Gasteiger partial charge in [-0.05, 0) is 18.6 Å². The smallest absolute Gasteiger partial charge is 0.243 e. The summed E-state index contributed by atoms with van der Waals surface area (Å²) in [6.45, 7) is 2.14. The van der Waals surface area contributed by atoms with E-state index in [4.69, 9.17) is 5.73 Å². The fourth-order valence-electron chi connectivity index (χ4n) is 1.77. The summed E-state index contributed by atoms with van der Waals surface area (Å²) in [5, 5.41) is 0. The first-order chi connectivity index (χ1) is 8.16. The van der Waals surface area contributed by atoms with Gasteiger partial charge in [-0.1, -0.05) is 44.4 Å². The summed E-state index contributed by atoms with van der Waals surface area (Å²) in [4.78, 5) is 13.7. The molecule has 1 rings (SSSR count). The highest BCUT2D eigenvalue weighted by Crippen LogP contribution is 2.13. The van der Waals surface area contributed by atoms with Crippen LogP contribution in [0.5, 0.6) is 0 Å². The number of para-hydroxylation sites is 1. The Hall–Kier alpha value is -1.06. The third-order valence-electron chi connectivity index (χ3n) is 2.91. The van der Waals surface area contributed by atoms with E-state index in [2.05, 4.69) is 6.92 Å². The van der Waals surface area contributed by atoms with Crippen molar-refractivity contribution in [3.8, 4) is 0 Å². The van der Waals surface area contributed by atoms with Crippen molar-refractivity contribution in [3.05, 3.63) is 30.3 Å². The van der Waals surface area contributed by atoms with Gasteiger partial charge in [0.15, 0.2) is 0 Å². The van der Waals surface area contributed by atoms with E-state index in [-0.39, 0.29) is 24.4 Å². The molecule has 0 aromatic heterocycles. The zero-order chi connectivity index (χ0) is 12.7. The molecule has 1 aromatic rings. The topological polar surface area (TPSA) is 46.3 Å². The van der Waals surface area contributed by atoms with Crippen LogP contribution >= 0.6 is 12.4 Å². The normalized spacial score (nSPS) is 11.5. The molecule has 0 aliphatic carbocycles. The minimum Gasteiger partial charge on any atom is -0.320 e. The number of nitrogens with zero attached hydrogens (tertiary/aromatic N) is 1. The molecule has 4 heteroatoms. The first kappa shape index (κ1) is 16.9. The molecule has 18 heavy (non-hydrogen) atoms. The lowest BCUT2D eigenvalue weighted by molar-refractivity contribution is -0.119. The molecule has 2 N–H and O–H groups in total. The second kappa shape index (κ2) is 8.95. The second-order valence-electron chi connectivity index (χ2n) is 4.34. The number of rotatable bonds is 6. The molecule has 1 amide bonds. The summed E-state index contributed by atoms with van der Waals surface area (Å²) in [6, 6.07) is 9.21. The number of halogens is 1. The summed E-state index contributed by atoms with van der Waals surface area (Å²) >= 11 is 0. The standard InChI is InChI=1S/C14H22N2O.ClH/c1-3-4-6-11-13(15)14(17)16(2)12-9-7-5-8-10-12;/h5,7-10,13H,3-4,6,11,15H2,1-2H3;1H. The molecule has 0 spiro atoms. The Labute approximate surface area is 116 Å². The van der Waals surface area contributed by atoms with Crippen LogP contribution in [0.25, 0.3) is 0 Å². The highest BCUT2D eigenvalue weighted by Gasteiger charge is 2.18. The lowest BCUT2D eigenvalue weighted by Crippen LogP contribution is -2.41. The van der Waals surface area contributed by atoms with Crippen molar-refractivity contribution in [1.29, 1.82) is 0 Å². The Morgan fingerprint density at radius 3 is 2.44 bits per heavy atom. The molecule has 0 aliphatic rings. The van der Waals surface area contributed by atoms with Gasteiger partial charge in [0, 0.05) is 12.7 Å². The minimum absolute atomic E-state index is 0. The first-order valence-corrected chi connectivity index (χ1v) is 6.25. The molecule has 1 atom stereocenters. The van der Waals surface area contributed by atoms with E-state index in [9.17, 15) is 4.79 Å². The number of unbranched alkanes of at least 4 members (excludes halogenated alkanes) is 2. The van der Waals surface area contributed by atoms with Gasteiger partial charge in [0.1, 0.15) is 0 Å². The van der Waals surface area contributed by atoms with Gasteiger partial charge in [-0.3, -0.25) is 4.79 Å². The number of amides is 1. The van der Waals surface area contributed by atoms with E-state index in [0.29, 0.717) is 0 Å². The van der Waals surface area contributed by atoms with Crippen molar-refractivity contribution in [2.24, 2.45) is 5.73 Å². The monoisotopic (exact) mass is 270 g/mol. The highest BCUT2D eigenvalue weighted by atomic mass is 35.5. The minimum atomic E-state index is -0.383. The lowest BCUT2D eigenvalue weighted by atomic mass is 10.1. The number of likely N-dealkylation sites (N-methyl/N-ethyl adjacent to an activating group) is 1. The number of hydrogen-bond acceptors (Lipinski definition) is 2. The van der Waals surface area contributed by atoms with Crippen molar-refractivity contribution in [3.63, 3.8) is 0 Å². The predicted molar refractivity (Wildman–Crippen MR) is 79.2 cm³/mol. The second-order valence-corrected chi connectivity index (χ2v) is 4.34. The molecule has 3 nitrogen and oxygen atoms in total. The molecule has 102 valence electrons. The maximum Gasteiger partial charge on any atom is 0.243 e. The Bertz CT molecular complexity index is 343. The molecule has 0 heterocycles. The van der Waals surface area contributed by atoms with Crippen LogP contribution in [0.2, 0.25) is 0 Å². The molecule has 1 unspecified atom stereocenters. The molecule has 0 saturated heterocycles. The van der Waals surface area contributed by atoms with Gasteiger partial charge >= 0.3 is 0 Å². The van der Waals surface area contributed by atoms with Crippen LogP contribution < -0.4 is 10.6 Å². The van der Waals surface area contributed by atoms with Gasteiger partial charge < -0.3 is 10.6 Å². The molecule has 0 saturated carbocycles. The van der Waals surface area contributed by atoms with Crippen LogP contribution in [-0.2, 0) is 4.79 Å². The Balaban J connectivity index is 0.00000289. The van der Waals surface area contributed by atoms with Crippen LogP contribution in [0.4, 0.5) is 5.69 Å². The van der Waals surface area contributed by atoms with E-state index in [1.54, 1.807) is 11.9 Å². The number of nitrogens with two attached hydrogens (primary N) is 1. The molecule has 0 aliphatic heterocycles. The first-order valence-electron chi connectivity index (χ1n) is 6.25. The third kappa shape index (κ3) is 5.07. The molecule has 0 radical (unpaired) electrons. The zero-order valence-corrected chi connectivity index (χ0v) is 12.0. The number of benzene rings is 1. The van der Waals surface area contributed by atoms with Gasteiger partial charge in [-0.25, -0.2) is 0 Å². The van der Waals surface area contributed by atoms with E-state index in [1.807, 2.05) is 30.3 Å². The van der Waals surface area contributed by atoms with Crippen LogP contribution in [-0.4, -0.2) is 19.0 Å². The van der Waals surface area contributed by atoms with E-state index in [0.717, 1.165) is 31.4 Å². The fourth-order valence-corrected chi connectivity index (χ4v) is 1.77. The number of hydrogen-bond donors (Lipinski definition) is 1. The van der Waals surface area contributed by atoms with Gasteiger partial charge in [-0.2, -0.15) is 0 Å². The molecule has 0 fully saturated rings. The lowest BCUT2D eigenvalue weighted by Gasteiger charge is -2.21. The average Bonchev–Trinajstić information content (AvgIpc) is 2.38. The van der Waals surface area contributed by atoms with Crippen molar-refractivity contribution in [2.75, 3.05) is 11.9 Å². The maximum absolute atomic E-state index is 12.0. The van der Waals surface area contributed by atoms with Crippen LogP contribution in [0.15, 0.2) is 30.3 Å². The Morgan fingerprint density at radius 2 is 1.89 bits per heavy atom. The number of carbonyl (C=O) groups is 1. The quantitative estimate of drug-likeness (QED) is 0.808. The SMILES string of the molecule is CCCCCC(N)C(=O)N(C)c1ccccc1.Cl. The summed E-state index contributed by atoms with van der Waals surface area (Å²) < 4.78 is 0. The summed E-state index contributed by atoms with van der Waals surface area (Å²) in [5.41, 5.74) is 6.80. The summed E-state index contributed by atoms with van der Waals surface area (Å²) in [7, 11) is 1.78. The van der Waals surface area contributed by atoms with Gasteiger partial charge in [-0.15, -0.1) is 12.4 Å². The van der Waals surface area contributed by atoms with Crippen LogP contribution in [0.1, 0.15) is 32.6 Å².